The molecule has 1 atom stereocenters. The number of nitrogens with zero attached hydrogens (tertiary/aromatic N) is 1. The SMILES string of the molecule is CSCC(=O)NCCC1CN=C(Nc2c(C)cccc2C)SC1. The average Bonchev–Trinajstić information content (AvgIpc) is 2.53. The van der Waals surface area contributed by atoms with Gasteiger partial charge in [0.2, 0.25) is 5.91 Å². The second-order valence-electron chi connectivity index (χ2n) is 5.79. The van der Waals surface area contributed by atoms with Gasteiger partial charge in [-0.15, -0.1) is 0 Å². The van der Waals surface area contributed by atoms with E-state index in [1.165, 1.54) is 16.8 Å². The van der Waals surface area contributed by atoms with E-state index in [2.05, 4.69) is 47.7 Å². The van der Waals surface area contributed by atoms with Crippen molar-refractivity contribution in [3.8, 4) is 0 Å². The highest BCUT2D eigenvalue weighted by Gasteiger charge is 2.17. The molecule has 0 aliphatic carbocycles. The number of rotatable bonds is 6. The molecular formula is C17H25N3OS2. The molecule has 1 heterocycles. The van der Waals surface area contributed by atoms with Gasteiger partial charge >= 0.3 is 0 Å². The standard InChI is InChI=1S/C17H25N3OS2/c1-12-5-4-6-13(2)16(12)20-17-19-9-14(10-23-17)7-8-18-15(21)11-22-3/h4-6,14H,7-11H2,1-3H3,(H,18,21)(H,19,20). The number of carbonyl (C=O) groups excluding carboxylic acids is 1. The fourth-order valence-corrected chi connectivity index (χ4v) is 3.84. The molecule has 0 bridgehead atoms. The number of hydrogen-bond donors (Lipinski definition) is 2. The van der Waals surface area contributed by atoms with Crippen molar-refractivity contribution in [3.63, 3.8) is 0 Å². The van der Waals surface area contributed by atoms with Gasteiger partial charge in [0.1, 0.15) is 0 Å². The second-order valence-corrected chi connectivity index (χ2v) is 7.66. The zero-order chi connectivity index (χ0) is 16.7. The minimum atomic E-state index is 0.127. The van der Waals surface area contributed by atoms with Crippen LogP contribution in [-0.2, 0) is 4.79 Å². The molecule has 6 heteroatoms. The summed E-state index contributed by atoms with van der Waals surface area (Å²) in [5, 5.41) is 7.44. The number of aliphatic imine (C=N–C) groups is 1. The number of para-hydroxylation sites is 1. The molecule has 1 unspecified atom stereocenters. The highest BCUT2D eigenvalue weighted by molar-refractivity contribution is 8.14. The van der Waals surface area contributed by atoms with Gasteiger partial charge < -0.3 is 10.6 Å². The van der Waals surface area contributed by atoms with Gasteiger partial charge in [-0.1, -0.05) is 30.0 Å². The van der Waals surface area contributed by atoms with E-state index < -0.39 is 0 Å². The smallest absolute Gasteiger partial charge is 0.229 e. The lowest BCUT2D eigenvalue weighted by molar-refractivity contribution is -0.118. The molecule has 1 aliphatic rings. The maximum atomic E-state index is 11.4. The maximum absolute atomic E-state index is 11.4. The van der Waals surface area contributed by atoms with Crippen molar-refractivity contribution in [2.45, 2.75) is 20.3 Å². The summed E-state index contributed by atoms with van der Waals surface area (Å²) in [5.41, 5.74) is 3.65. The van der Waals surface area contributed by atoms with Gasteiger partial charge in [0.15, 0.2) is 5.17 Å². The number of carbonyl (C=O) groups is 1. The van der Waals surface area contributed by atoms with Crippen LogP contribution in [0.25, 0.3) is 0 Å². The predicted molar refractivity (Wildman–Crippen MR) is 104 cm³/mol. The summed E-state index contributed by atoms with van der Waals surface area (Å²) in [6, 6.07) is 6.31. The van der Waals surface area contributed by atoms with E-state index in [4.69, 9.17) is 0 Å². The molecule has 126 valence electrons. The number of amides is 1. The highest BCUT2D eigenvalue weighted by Crippen LogP contribution is 2.25. The fourth-order valence-electron chi connectivity index (χ4n) is 2.47. The normalized spacial score (nSPS) is 17.5. The third-order valence-corrected chi connectivity index (χ3v) is 5.51. The Morgan fingerprint density at radius 2 is 2.13 bits per heavy atom. The summed E-state index contributed by atoms with van der Waals surface area (Å²) in [7, 11) is 0. The van der Waals surface area contributed by atoms with Gasteiger partial charge in [-0.25, -0.2) is 0 Å². The summed E-state index contributed by atoms with van der Waals surface area (Å²) >= 11 is 3.33. The number of benzene rings is 1. The van der Waals surface area contributed by atoms with E-state index in [9.17, 15) is 4.79 Å². The maximum Gasteiger partial charge on any atom is 0.229 e. The number of amidine groups is 1. The van der Waals surface area contributed by atoms with E-state index in [-0.39, 0.29) is 5.91 Å². The molecule has 4 nitrogen and oxygen atoms in total. The van der Waals surface area contributed by atoms with Crippen molar-refractivity contribution in [1.82, 2.24) is 5.32 Å². The summed E-state index contributed by atoms with van der Waals surface area (Å²) in [6.45, 7) is 5.81. The van der Waals surface area contributed by atoms with Crippen molar-refractivity contribution in [2.24, 2.45) is 10.9 Å². The zero-order valence-corrected chi connectivity index (χ0v) is 15.6. The Bertz CT molecular complexity index is 555. The largest absolute Gasteiger partial charge is 0.355 e. The van der Waals surface area contributed by atoms with Gasteiger partial charge in [0.25, 0.3) is 0 Å². The van der Waals surface area contributed by atoms with Crippen LogP contribution in [0.3, 0.4) is 0 Å². The lowest BCUT2D eigenvalue weighted by Crippen LogP contribution is -2.29. The Balaban J connectivity index is 1.79. The lowest BCUT2D eigenvalue weighted by Gasteiger charge is -2.22. The second kappa shape index (κ2) is 9.23. The number of aryl methyl sites for hydroxylation is 2. The number of anilines is 1. The molecule has 1 aromatic carbocycles. The van der Waals surface area contributed by atoms with E-state index in [1.807, 2.05) is 6.26 Å². The first-order valence-electron chi connectivity index (χ1n) is 7.86. The number of thioether (sulfide) groups is 2. The molecule has 0 radical (unpaired) electrons. The molecule has 0 saturated carbocycles. The molecule has 2 N–H and O–H groups in total. The molecule has 0 spiro atoms. The van der Waals surface area contributed by atoms with Crippen molar-refractivity contribution in [2.75, 3.05) is 36.2 Å². The Labute approximate surface area is 147 Å². The molecule has 1 aromatic rings. The number of nitrogens with one attached hydrogen (secondary N) is 2. The van der Waals surface area contributed by atoms with Crippen molar-refractivity contribution >= 4 is 40.3 Å². The van der Waals surface area contributed by atoms with E-state index >= 15 is 0 Å². The third-order valence-electron chi connectivity index (χ3n) is 3.81. The highest BCUT2D eigenvalue weighted by atomic mass is 32.2. The van der Waals surface area contributed by atoms with Crippen LogP contribution in [-0.4, -0.2) is 41.9 Å². The van der Waals surface area contributed by atoms with Crippen LogP contribution in [0, 0.1) is 19.8 Å². The third kappa shape index (κ3) is 5.77. The minimum absolute atomic E-state index is 0.127. The Hall–Kier alpha value is -1.14. The minimum Gasteiger partial charge on any atom is -0.355 e. The Morgan fingerprint density at radius 3 is 2.74 bits per heavy atom. The molecular weight excluding hydrogens is 326 g/mol. The Morgan fingerprint density at radius 1 is 1.39 bits per heavy atom. The van der Waals surface area contributed by atoms with Crippen LogP contribution >= 0.6 is 23.5 Å². The van der Waals surface area contributed by atoms with Gasteiger partial charge in [-0.05, 0) is 43.6 Å². The molecule has 2 rings (SSSR count). The molecule has 23 heavy (non-hydrogen) atoms. The first-order valence-corrected chi connectivity index (χ1v) is 10.2. The van der Waals surface area contributed by atoms with Crippen LogP contribution in [0.15, 0.2) is 23.2 Å². The molecule has 1 amide bonds. The fraction of sp³-hybridized carbons (Fsp3) is 0.529. The van der Waals surface area contributed by atoms with E-state index in [0.717, 1.165) is 30.4 Å². The molecule has 0 saturated heterocycles. The molecule has 0 fully saturated rings. The van der Waals surface area contributed by atoms with Crippen molar-refractivity contribution in [1.29, 1.82) is 0 Å². The van der Waals surface area contributed by atoms with Gasteiger partial charge in [0.05, 0.1) is 5.75 Å². The van der Waals surface area contributed by atoms with Crippen LogP contribution in [0.4, 0.5) is 5.69 Å². The first-order chi connectivity index (χ1) is 11.1. The summed E-state index contributed by atoms with van der Waals surface area (Å²) in [6.07, 6.45) is 2.93. The Kier molecular flexibility index (Phi) is 7.30. The van der Waals surface area contributed by atoms with Crippen LogP contribution in [0.5, 0.6) is 0 Å². The summed E-state index contributed by atoms with van der Waals surface area (Å²) < 4.78 is 0. The zero-order valence-electron chi connectivity index (χ0n) is 14.0. The van der Waals surface area contributed by atoms with Crippen molar-refractivity contribution < 1.29 is 4.79 Å². The van der Waals surface area contributed by atoms with Crippen molar-refractivity contribution in [3.05, 3.63) is 29.3 Å². The van der Waals surface area contributed by atoms with Gasteiger partial charge in [0, 0.05) is 24.5 Å². The summed E-state index contributed by atoms with van der Waals surface area (Å²) in [4.78, 5) is 16.1. The molecule has 0 aromatic heterocycles. The quantitative estimate of drug-likeness (QED) is 0.826. The van der Waals surface area contributed by atoms with Crippen LogP contribution in [0.2, 0.25) is 0 Å². The first kappa shape index (κ1) is 18.2. The van der Waals surface area contributed by atoms with E-state index in [0.29, 0.717) is 11.7 Å². The topological polar surface area (TPSA) is 53.5 Å². The van der Waals surface area contributed by atoms with Crippen LogP contribution in [0.1, 0.15) is 17.5 Å². The van der Waals surface area contributed by atoms with E-state index in [1.54, 1.807) is 23.5 Å². The monoisotopic (exact) mass is 351 g/mol. The average molecular weight is 352 g/mol. The number of hydrogen-bond acceptors (Lipinski definition) is 5. The summed E-state index contributed by atoms with van der Waals surface area (Å²) in [5.74, 6) is 2.26. The van der Waals surface area contributed by atoms with Gasteiger partial charge in [-0.2, -0.15) is 11.8 Å². The lowest BCUT2D eigenvalue weighted by atomic mass is 10.1. The van der Waals surface area contributed by atoms with Crippen LogP contribution < -0.4 is 10.6 Å². The predicted octanol–water partition coefficient (Wildman–Crippen LogP) is 3.30. The van der Waals surface area contributed by atoms with Gasteiger partial charge in [-0.3, -0.25) is 9.79 Å². The molecule has 1 aliphatic heterocycles.